The van der Waals surface area contributed by atoms with Crippen molar-refractivity contribution < 1.29 is 4.52 Å². The monoisotopic (exact) mass is 394 g/mol. The van der Waals surface area contributed by atoms with E-state index in [4.69, 9.17) is 4.52 Å². The van der Waals surface area contributed by atoms with E-state index in [0.717, 1.165) is 23.6 Å². The number of aromatic nitrogens is 1. The van der Waals surface area contributed by atoms with Crippen LogP contribution in [-0.2, 0) is 18.3 Å². The fraction of sp³-hybridized carbons (Fsp3) is 0.731. The molecule has 0 radical (unpaired) electrons. The first kappa shape index (κ1) is 19.6. The topological polar surface area (TPSA) is 29.3 Å². The van der Waals surface area contributed by atoms with Crippen LogP contribution in [0.5, 0.6) is 0 Å². The summed E-state index contributed by atoms with van der Waals surface area (Å²) in [4.78, 5) is 2.77. The number of benzene rings is 1. The SMILES string of the molecule is CC(C)(C)c1noc2c3c(ccc12)C[C@@H](N1CC2(CCC(C(C)(C)C)CC2)C1)C3. The van der Waals surface area contributed by atoms with Gasteiger partial charge in [0.05, 0.1) is 5.69 Å². The molecule has 1 spiro atoms. The smallest absolute Gasteiger partial charge is 0.170 e. The van der Waals surface area contributed by atoms with E-state index >= 15 is 0 Å². The normalized spacial score (nSPS) is 25.5. The average molecular weight is 395 g/mol. The Hall–Kier alpha value is -1.35. The molecule has 3 aliphatic rings. The molecule has 1 saturated heterocycles. The maximum atomic E-state index is 5.88. The molecule has 0 unspecified atom stereocenters. The third-order valence-corrected chi connectivity index (χ3v) is 8.31. The summed E-state index contributed by atoms with van der Waals surface area (Å²) >= 11 is 0. The molecule has 3 heteroatoms. The summed E-state index contributed by atoms with van der Waals surface area (Å²) in [6.45, 7) is 16.6. The van der Waals surface area contributed by atoms with E-state index in [-0.39, 0.29) is 5.41 Å². The molecule has 2 aliphatic carbocycles. The zero-order chi connectivity index (χ0) is 20.6. The van der Waals surface area contributed by atoms with E-state index in [1.54, 1.807) is 0 Å². The third-order valence-electron chi connectivity index (χ3n) is 8.31. The predicted octanol–water partition coefficient (Wildman–Crippen LogP) is 6.13. The number of nitrogens with zero attached hydrogens (tertiary/aromatic N) is 2. The van der Waals surface area contributed by atoms with Crippen molar-refractivity contribution >= 4 is 11.0 Å². The van der Waals surface area contributed by atoms with E-state index in [2.05, 4.69) is 63.7 Å². The Balaban J connectivity index is 1.27. The van der Waals surface area contributed by atoms with Crippen molar-refractivity contribution in [2.75, 3.05) is 13.1 Å². The first-order valence-electron chi connectivity index (χ1n) is 11.7. The lowest BCUT2D eigenvalue weighted by molar-refractivity contribution is -0.0695. The van der Waals surface area contributed by atoms with Gasteiger partial charge in [0.1, 0.15) is 0 Å². The Bertz CT molecular complexity index is 911. The number of likely N-dealkylation sites (tertiary alicyclic amines) is 1. The van der Waals surface area contributed by atoms with E-state index in [1.165, 1.54) is 61.7 Å². The molecule has 29 heavy (non-hydrogen) atoms. The molecular formula is C26H38N2O. The molecule has 2 heterocycles. The molecule has 0 N–H and O–H groups in total. The molecule has 5 rings (SSSR count). The highest BCUT2D eigenvalue weighted by atomic mass is 16.5. The van der Waals surface area contributed by atoms with Gasteiger partial charge in [-0.1, -0.05) is 52.8 Å². The van der Waals surface area contributed by atoms with Gasteiger partial charge >= 0.3 is 0 Å². The third kappa shape index (κ3) is 3.24. The molecule has 158 valence electrons. The quantitative estimate of drug-likeness (QED) is 0.582. The fourth-order valence-electron chi connectivity index (χ4n) is 6.36. The summed E-state index contributed by atoms with van der Waals surface area (Å²) in [5.74, 6) is 0.912. The minimum absolute atomic E-state index is 0.0211. The number of rotatable bonds is 1. The average Bonchev–Trinajstić information content (AvgIpc) is 3.21. The summed E-state index contributed by atoms with van der Waals surface area (Å²) < 4.78 is 5.88. The van der Waals surface area contributed by atoms with Crippen LogP contribution in [0.2, 0.25) is 0 Å². The standard InChI is InChI=1S/C26H38N2O/c1-24(2,3)18-9-11-26(12-10-18)15-28(16-26)19-13-17-7-8-20-22(21(17)14-19)29-27-23(20)25(4,5)6/h7-8,18-19H,9-16H2,1-6H3/t19-/m1/s1. The summed E-state index contributed by atoms with van der Waals surface area (Å²) in [6.07, 6.45) is 8.04. The number of hydrogen-bond donors (Lipinski definition) is 0. The van der Waals surface area contributed by atoms with E-state index < -0.39 is 0 Å². The molecule has 1 aromatic carbocycles. The van der Waals surface area contributed by atoms with Crippen LogP contribution in [0.25, 0.3) is 11.0 Å². The lowest BCUT2D eigenvalue weighted by Crippen LogP contribution is -2.61. The summed E-state index contributed by atoms with van der Waals surface area (Å²) in [5, 5.41) is 5.67. The van der Waals surface area contributed by atoms with Crippen molar-refractivity contribution in [3.8, 4) is 0 Å². The van der Waals surface area contributed by atoms with Crippen LogP contribution >= 0.6 is 0 Å². The second kappa shape index (κ2) is 6.33. The van der Waals surface area contributed by atoms with Crippen molar-refractivity contribution in [3.63, 3.8) is 0 Å². The number of hydrogen-bond acceptors (Lipinski definition) is 3. The molecular weight excluding hydrogens is 356 g/mol. The second-order valence-corrected chi connectivity index (χ2v) is 12.5. The van der Waals surface area contributed by atoms with E-state index in [1.807, 2.05) is 0 Å². The largest absolute Gasteiger partial charge is 0.356 e. The van der Waals surface area contributed by atoms with Gasteiger partial charge in [-0.25, -0.2) is 0 Å². The highest BCUT2D eigenvalue weighted by Crippen LogP contribution is 2.51. The van der Waals surface area contributed by atoms with Gasteiger partial charge in [-0.2, -0.15) is 0 Å². The maximum Gasteiger partial charge on any atom is 0.170 e. The molecule has 3 nitrogen and oxygen atoms in total. The maximum absolute atomic E-state index is 5.88. The van der Waals surface area contributed by atoms with Gasteiger partial charge in [0.25, 0.3) is 0 Å². The van der Waals surface area contributed by atoms with Gasteiger partial charge in [-0.3, -0.25) is 4.90 Å². The minimum Gasteiger partial charge on any atom is -0.356 e. The van der Waals surface area contributed by atoms with Crippen LogP contribution < -0.4 is 0 Å². The van der Waals surface area contributed by atoms with Gasteiger partial charge in [0.15, 0.2) is 5.58 Å². The van der Waals surface area contributed by atoms with Crippen LogP contribution in [0, 0.1) is 16.7 Å². The van der Waals surface area contributed by atoms with Crippen LogP contribution in [0.3, 0.4) is 0 Å². The van der Waals surface area contributed by atoms with E-state index in [0.29, 0.717) is 16.9 Å². The molecule has 1 aliphatic heterocycles. The van der Waals surface area contributed by atoms with Crippen LogP contribution in [0.1, 0.15) is 84.0 Å². The molecule has 2 aromatic rings. The minimum atomic E-state index is 0.0211. The Morgan fingerprint density at radius 3 is 2.31 bits per heavy atom. The molecule has 1 aromatic heterocycles. The van der Waals surface area contributed by atoms with E-state index in [9.17, 15) is 0 Å². The van der Waals surface area contributed by atoms with Crippen LogP contribution in [0.4, 0.5) is 0 Å². The first-order chi connectivity index (χ1) is 13.6. The van der Waals surface area contributed by atoms with Crippen molar-refractivity contribution in [2.45, 2.75) is 91.5 Å². The molecule has 0 bridgehead atoms. The van der Waals surface area contributed by atoms with Gasteiger partial charge in [0, 0.05) is 35.5 Å². The Morgan fingerprint density at radius 2 is 1.69 bits per heavy atom. The number of fused-ring (bicyclic) bond motifs is 3. The highest BCUT2D eigenvalue weighted by Gasteiger charge is 2.49. The predicted molar refractivity (Wildman–Crippen MR) is 119 cm³/mol. The van der Waals surface area contributed by atoms with Crippen LogP contribution in [0.15, 0.2) is 16.7 Å². The summed E-state index contributed by atoms with van der Waals surface area (Å²) in [5.41, 5.74) is 6.18. The fourth-order valence-corrected chi connectivity index (χ4v) is 6.36. The highest BCUT2D eigenvalue weighted by molar-refractivity contribution is 5.85. The molecule has 1 saturated carbocycles. The van der Waals surface area contributed by atoms with Crippen molar-refractivity contribution in [1.82, 2.24) is 10.1 Å². The molecule has 1 atom stereocenters. The Kier molecular flexibility index (Phi) is 4.28. The zero-order valence-electron chi connectivity index (χ0n) is 19.3. The van der Waals surface area contributed by atoms with Gasteiger partial charge in [-0.15, -0.1) is 0 Å². The lowest BCUT2D eigenvalue weighted by atomic mass is 9.61. The van der Waals surface area contributed by atoms with Gasteiger partial charge < -0.3 is 4.52 Å². The van der Waals surface area contributed by atoms with Gasteiger partial charge in [-0.05, 0) is 66.9 Å². The van der Waals surface area contributed by atoms with Crippen molar-refractivity contribution in [1.29, 1.82) is 0 Å². The molecule has 2 fully saturated rings. The van der Waals surface area contributed by atoms with Crippen LogP contribution in [-0.4, -0.2) is 29.2 Å². The summed E-state index contributed by atoms with van der Waals surface area (Å²) in [7, 11) is 0. The zero-order valence-corrected chi connectivity index (χ0v) is 19.3. The van der Waals surface area contributed by atoms with Crippen molar-refractivity contribution in [2.24, 2.45) is 16.7 Å². The first-order valence-corrected chi connectivity index (χ1v) is 11.7. The Morgan fingerprint density at radius 1 is 1.00 bits per heavy atom. The van der Waals surface area contributed by atoms with Gasteiger partial charge in [0.2, 0.25) is 0 Å². The summed E-state index contributed by atoms with van der Waals surface area (Å²) in [6, 6.07) is 5.25. The van der Waals surface area contributed by atoms with Crippen molar-refractivity contribution in [3.05, 3.63) is 29.0 Å². The second-order valence-electron chi connectivity index (χ2n) is 12.5. The molecule has 0 amide bonds. The Labute approximate surface area is 176 Å². The lowest BCUT2D eigenvalue weighted by Gasteiger charge is -2.56.